The van der Waals surface area contributed by atoms with E-state index >= 15 is 0 Å². The Hall–Kier alpha value is -3.42. The zero-order valence-electron chi connectivity index (χ0n) is 18.8. The van der Waals surface area contributed by atoms with Crippen molar-refractivity contribution in [3.8, 4) is 0 Å². The SMILES string of the molecule is Nc1c(Nc2ccc(Br)cc2)ncnc1N1CCN(C(c2ccccc2)c2ccccc2)CC1. The summed E-state index contributed by atoms with van der Waals surface area (Å²) < 4.78 is 1.02. The lowest BCUT2D eigenvalue weighted by atomic mass is 9.96. The van der Waals surface area contributed by atoms with E-state index in [9.17, 15) is 0 Å². The molecular formula is C27H27BrN6. The van der Waals surface area contributed by atoms with Gasteiger partial charge in [0.15, 0.2) is 11.6 Å². The van der Waals surface area contributed by atoms with Gasteiger partial charge in [0.25, 0.3) is 0 Å². The van der Waals surface area contributed by atoms with Crippen LogP contribution in [0.4, 0.5) is 23.0 Å². The fraction of sp³-hybridized carbons (Fsp3) is 0.185. The van der Waals surface area contributed by atoms with Crippen molar-refractivity contribution in [2.75, 3.05) is 42.1 Å². The van der Waals surface area contributed by atoms with Crippen molar-refractivity contribution in [2.24, 2.45) is 0 Å². The second-order valence-corrected chi connectivity index (χ2v) is 9.25. The lowest BCUT2D eigenvalue weighted by Gasteiger charge is -2.40. The lowest BCUT2D eigenvalue weighted by molar-refractivity contribution is 0.212. The van der Waals surface area contributed by atoms with Gasteiger partial charge in [-0.05, 0) is 35.4 Å². The quantitative estimate of drug-likeness (QED) is 0.355. The van der Waals surface area contributed by atoms with Crippen molar-refractivity contribution in [3.63, 3.8) is 0 Å². The Kier molecular flexibility index (Phi) is 6.74. The second kappa shape index (κ2) is 10.2. The number of nitrogens with two attached hydrogens (primary N) is 1. The molecule has 0 aliphatic carbocycles. The van der Waals surface area contributed by atoms with E-state index < -0.39 is 0 Å². The van der Waals surface area contributed by atoms with Gasteiger partial charge in [0, 0.05) is 36.3 Å². The first-order chi connectivity index (χ1) is 16.7. The van der Waals surface area contributed by atoms with Crippen LogP contribution in [0.3, 0.4) is 0 Å². The molecule has 0 bridgehead atoms. The molecule has 4 aromatic rings. The molecule has 0 amide bonds. The number of rotatable bonds is 6. The number of halogens is 1. The Morgan fingerprint density at radius 1 is 0.765 bits per heavy atom. The van der Waals surface area contributed by atoms with Crippen molar-refractivity contribution in [1.29, 1.82) is 0 Å². The minimum Gasteiger partial charge on any atom is -0.393 e. The highest BCUT2D eigenvalue weighted by Crippen LogP contribution is 2.33. The molecule has 1 fully saturated rings. The third-order valence-corrected chi connectivity index (χ3v) is 6.71. The van der Waals surface area contributed by atoms with Crippen molar-refractivity contribution >= 4 is 38.9 Å². The molecule has 1 aromatic heterocycles. The van der Waals surface area contributed by atoms with Crippen LogP contribution in [-0.2, 0) is 0 Å². The van der Waals surface area contributed by atoms with Crippen molar-refractivity contribution in [3.05, 3.63) is 107 Å². The van der Waals surface area contributed by atoms with Gasteiger partial charge in [-0.25, -0.2) is 9.97 Å². The maximum Gasteiger partial charge on any atom is 0.159 e. The lowest BCUT2D eigenvalue weighted by Crippen LogP contribution is -2.48. The summed E-state index contributed by atoms with van der Waals surface area (Å²) >= 11 is 3.46. The molecular weight excluding hydrogens is 488 g/mol. The molecule has 0 atom stereocenters. The Morgan fingerprint density at radius 2 is 1.35 bits per heavy atom. The van der Waals surface area contributed by atoms with Gasteiger partial charge < -0.3 is 16.0 Å². The van der Waals surface area contributed by atoms with Crippen LogP contribution in [-0.4, -0.2) is 41.0 Å². The Bertz CT molecular complexity index is 1170. The summed E-state index contributed by atoms with van der Waals surface area (Å²) in [5.74, 6) is 1.41. The van der Waals surface area contributed by atoms with Gasteiger partial charge in [0.2, 0.25) is 0 Å². The zero-order chi connectivity index (χ0) is 23.3. The molecule has 2 heterocycles. The molecule has 34 heavy (non-hydrogen) atoms. The van der Waals surface area contributed by atoms with Crippen LogP contribution in [0, 0.1) is 0 Å². The summed E-state index contributed by atoms with van der Waals surface area (Å²) in [4.78, 5) is 13.7. The summed E-state index contributed by atoms with van der Waals surface area (Å²) in [6.45, 7) is 3.50. The van der Waals surface area contributed by atoms with Crippen LogP contribution in [0.15, 0.2) is 95.7 Å². The van der Waals surface area contributed by atoms with E-state index in [0.29, 0.717) is 11.5 Å². The largest absolute Gasteiger partial charge is 0.393 e. The molecule has 7 heteroatoms. The fourth-order valence-electron chi connectivity index (χ4n) is 4.48. The highest BCUT2D eigenvalue weighted by atomic mass is 79.9. The van der Waals surface area contributed by atoms with Crippen LogP contribution < -0.4 is 16.0 Å². The Labute approximate surface area is 208 Å². The molecule has 3 N–H and O–H groups in total. The van der Waals surface area contributed by atoms with Gasteiger partial charge in [-0.1, -0.05) is 76.6 Å². The van der Waals surface area contributed by atoms with Crippen LogP contribution in [0.25, 0.3) is 0 Å². The number of nitrogens with zero attached hydrogens (tertiary/aromatic N) is 4. The molecule has 172 valence electrons. The first-order valence-corrected chi connectivity index (χ1v) is 12.2. The third kappa shape index (κ3) is 4.90. The number of anilines is 4. The van der Waals surface area contributed by atoms with Gasteiger partial charge in [-0.2, -0.15) is 0 Å². The number of aromatic nitrogens is 2. The van der Waals surface area contributed by atoms with Crippen LogP contribution >= 0.6 is 15.9 Å². The Balaban J connectivity index is 1.33. The van der Waals surface area contributed by atoms with Crippen LogP contribution in [0.5, 0.6) is 0 Å². The maximum absolute atomic E-state index is 6.52. The highest BCUT2D eigenvalue weighted by molar-refractivity contribution is 9.10. The number of hydrogen-bond donors (Lipinski definition) is 2. The van der Waals surface area contributed by atoms with Crippen LogP contribution in [0.1, 0.15) is 17.2 Å². The fourth-order valence-corrected chi connectivity index (χ4v) is 4.75. The van der Waals surface area contributed by atoms with E-state index in [0.717, 1.165) is 42.2 Å². The number of nitrogens with one attached hydrogen (secondary N) is 1. The molecule has 1 aliphatic heterocycles. The predicted octanol–water partition coefficient (Wildman–Crippen LogP) is 5.48. The van der Waals surface area contributed by atoms with Gasteiger partial charge >= 0.3 is 0 Å². The minimum absolute atomic E-state index is 0.224. The summed E-state index contributed by atoms with van der Waals surface area (Å²) in [5.41, 5.74) is 10.6. The standard InChI is InChI=1S/C27H27BrN6/c28-22-11-13-23(14-12-22)32-26-24(29)27(31-19-30-26)34-17-15-33(16-18-34)25(20-7-3-1-4-8-20)21-9-5-2-6-10-21/h1-14,19,25H,15-18,29H2,(H,30,31,32). The van der Waals surface area contributed by atoms with Crippen molar-refractivity contribution in [2.45, 2.75) is 6.04 Å². The normalized spacial score (nSPS) is 14.4. The average Bonchev–Trinajstić information content (AvgIpc) is 2.89. The summed E-state index contributed by atoms with van der Waals surface area (Å²) in [6.07, 6.45) is 1.58. The van der Waals surface area contributed by atoms with Gasteiger partial charge in [-0.15, -0.1) is 0 Å². The average molecular weight is 515 g/mol. The first kappa shape index (κ1) is 22.4. The van der Waals surface area contributed by atoms with E-state index in [1.807, 2.05) is 24.3 Å². The summed E-state index contributed by atoms with van der Waals surface area (Å²) in [5, 5.41) is 3.31. The monoisotopic (exact) mass is 514 g/mol. The summed E-state index contributed by atoms with van der Waals surface area (Å²) in [6, 6.07) is 29.6. The van der Waals surface area contributed by atoms with Crippen molar-refractivity contribution < 1.29 is 0 Å². The Morgan fingerprint density at radius 3 is 1.94 bits per heavy atom. The minimum atomic E-state index is 0.224. The molecule has 1 aliphatic rings. The smallest absolute Gasteiger partial charge is 0.159 e. The molecule has 3 aromatic carbocycles. The van der Waals surface area contributed by atoms with E-state index in [1.165, 1.54) is 11.1 Å². The maximum atomic E-state index is 6.52. The zero-order valence-corrected chi connectivity index (χ0v) is 20.4. The van der Waals surface area contributed by atoms with Gasteiger partial charge in [-0.3, -0.25) is 4.90 Å². The topological polar surface area (TPSA) is 70.3 Å². The predicted molar refractivity (Wildman–Crippen MR) is 142 cm³/mol. The molecule has 6 nitrogen and oxygen atoms in total. The third-order valence-electron chi connectivity index (χ3n) is 6.18. The molecule has 1 saturated heterocycles. The number of nitrogen functional groups attached to an aromatic ring is 1. The molecule has 0 spiro atoms. The van der Waals surface area contributed by atoms with E-state index in [2.05, 4.69) is 102 Å². The molecule has 0 radical (unpaired) electrons. The van der Waals surface area contributed by atoms with Gasteiger partial charge in [0.05, 0.1) is 6.04 Å². The van der Waals surface area contributed by atoms with E-state index in [1.54, 1.807) is 6.33 Å². The highest BCUT2D eigenvalue weighted by Gasteiger charge is 2.28. The second-order valence-electron chi connectivity index (χ2n) is 8.34. The van der Waals surface area contributed by atoms with Crippen molar-refractivity contribution in [1.82, 2.24) is 14.9 Å². The number of hydrogen-bond acceptors (Lipinski definition) is 6. The number of benzene rings is 3. The van der Waals surface area contributed by atoms with Crippen LogP contribution in [0.2, 0.25) is 0 Å². The summed E-state index contributed by atoms with van der Waals surface area (Å²) in [7, 11) is 0. The van der Waals surface area contributed by atoms with E-state index in [4.69, 9.17) is 5.73 Å². The number of piperazine rings is 1. The molecule has 5 rings (SSSR count). The van der Waals surface area contributed by atoms with Gasteiger partial charge in [0.1, 0.15) is 12.0 Å². The molecule has 0 saturated carbocycles. The molecule has 0 unspecified atom stereocenters. The van der Waals surface area contributed by atoms with E-state index in [-0.39, 0.29) is 6.04 Å². The first-order valence-electron chi connectivity index (χ1n) is 11.4.